The lowest BCUT2D eigenvalue weighted by molar-refractivity contribution is -0.127. The quantitative estimate of drug-likeness (QED) is 0.716. The third kappa shape index (κ3) is 5.16. The van der Waals surface area contributed by atoms with Crippen LogP contribution in [0.25, 0.3) is 0 Å². The van der Waals surface area contributed by atoms with E-state index in [-0.39, 0.29) is 30.7 Å². The van der Waals surface area contributed by atoms with Gasteiger partial charge >= 0.3 is 0 Å². The molecule has 0 N–H and O–H groups in total. The Morgan fingerprint density at radius 2 is 1.59 bits per heavy atom. The Morgan fingerprint density at radius 3 is 2.18 bits per heavy atom. The molecule has 98 valence electrons. The van der Waals surface area contributed by atoms with Crippen molar-refractivity contribution in [1.82, 2.24) is 9.80 Å². The first-order chi connectivity index (χ1) is 7.36. The molecule has 0 spiro atoms. The van der Waals surface area contributed by atoms with Gasteiger partial charge in [0.2, 0.25) is 5.91 Å². The number of rotatable bonds is 2. The summed E-state index contributed by atoms with van der Waals surface area (Å²) in [4.78, 5) is 15.5. The molecule has 3 nitrogen and oxygen atoms in total. The molecule has 0 atom stereocenters. The minimum absolute atomic E-state index is 0. The summed E-state index contributed by atoms with van der Waals surface area (Å²) in [6, 6.07) is 0. The van der Waals surface area contributed by atoms with E-state index in [9.17, 15) is 4.79 Å². The van der Waals surface area contributed by atoms with Gasteiger partial charge in [-0.25, -0.2) is 0 Å². The van der Waals surface area contributed by atoms with Gasteiger partial charge in [-0.15, -0.1) is 24.8 Å². The van der Waals surface area contributed by atoms with Crippen molar-refractivity contribution in [3.63, 3.8) is 0 Å². The SMILES string of the molecule is Cl.Cl.O=C1CCCN1CC#CCN1CCCC1. The Labute approximate surface area is 116 Å². The van der Waals surface area contributed by atoms with Gasteiger partial charge in [-0.05, 0) is 32.4 Å². The Kier molecular flexibility index (Phi) is 8.41. The number of carbonyl (C=O) groups excluding carboxylic acids is 1. The molecule has 2 aliphatic heterocycles. The lowest BCUT2D eigenvalue weighted by Crippen LogP contribution is -2.25. The highest BCUT2D eigenvalue weighted by Gasteiger charge is 2.18. The summed E-state index contributed by atoms with van der Waals surface area (Å²) in [5.74, 6) is 6.52. The first kappa shape index (κ1) is 16.6. The highest BCUT2D eigenvalue weighted by atomic mass is 35.5. The van der Waals surface area contributed by atoms with Gasteiger partial charge in [0.1, 0.15) is 0 Å². The minimum atomic E-state index is 0. The lowest BCUT2D eigenvalue weighted by atomic mass is 10.4. The van der Waals surface area contributed by atoms with Crippen molar-refractivity contribution in [2.75, 3.05) is 32.7 Å². The summed E-state index contributed by atoms with van der Waals surface area (Å²) in [7, 11) is 0. The first-order valence-electron chi connectivity index (χ1n) is 5.82. The molecule has 0 radical (unpaired) electrons. The molecule has 1 amide bonds. The summed E-state index contributed by atoms with van der Waals surface area (Å²) in [6.45, 7) is 4.79. The van der Waals surface area contributed by atoms with Gasteiger partial charge in [-0.1, -0.05) is 11.8 Å². The van der Waals surface area contributed by atoms with Crippen molar-refractivity contribution in [1.29, 1.82) is 0 Å². The average Bonchev–Trinajstić information content (AvgIpc) is 2.85. The van der Waals surface area contributed by atoms with Crippen LogP contribution in [0.4, 0.5) is 0 Å². The van der Waals surface area contributed by atoms with E-state index >= 15 is 0 Å². The van der Waals surface area contributed by atoms with Gasteiger partial charge in [-0.2, -0.15) is 0 Å². The molecule has 0 bridgehead atoms. The molecule has 2 heterocycles. The van der Waals surface area contributed by atoms with Gasteiger partial charge in [0.15, 0.2) is 0 Å². The summed E-state index contributed by atoms with van der Waals surface area (Å²) in [6.07, 6.45) is 4.35. The summed E-state index contributed by atoms with van der Waals surface area (Å²) < 4.78 is 0. The second kappa shape index (κ2) is 8.63. The monoisotopic (exact) mass is 278 g/mol. The van der Waals surface area contributed by atoms with Crippen molar-refractivity contribution >= 4 is 30.7 Å². The molecule has 2 aliphatic rings. The number of halogens is 2. The van der Waals surface area contributed by atoms with Crippen molar-refractivity contribution in [2.45, 2.75) is 25.7 Å². The Bertz CT molecular complexity index is 293. The van der Waals surface area contributed by atoms with E-state index in [0.29, 0.717) is 13.0 Å². The maximum Gasteiger partial charge on any atom is 0.223 e. The van der Waals surface area contributed by atoms with E-state index in [4.69, 9.17) is 0 Å². The van der Waals surface area contributed by atoms with E-state index < -0.39 is 0 Å². The van der Waals surface area contributed by atoms with Crippen molar-refractivity contribution in [3.8, 4) is 11.8 Å². The molecular formula is C12H20Cl2N2O. The van der Waals surface area contributed by atoms with Crippen LogP contribution in [0.2, 0.25) is 0 Å². The highest BCUT2D eigenvalue weighted by Crippen LogP contribution is 2.08. The smallest absolute Gasteiger partial charge is 0.223 e. The van der Waals surface area contributed by atoms with Gasteiger partial charge in [0.05, 0.1) is 13.1 Å². The molecule has 0 aromatic carbocycles. The second-order valence-electron chi connectivity index (χ2n) is 4.26. The van der Waals surface area contributed by atoms with Crippen LogP contribution in [-0.4, -0.2) is 48.4 Å². The zero-order valence-corrected chi connectivity index (χ0v) is 11.6. The molecule has 0 saturated carbocycles. The van der Waals surface area contributed by atoms with Crippen LogP contribution in [0.1, 0.15) is 25.7 Å². The van der Waals surface area contributed by atoms with Crippen LogP contribution < -0.4 is 0 Å². The Balaban J connectivity index is 0.00000128. The van der Waals surface area contributed by atoms with Gasteiger partial charge < -0.3 is 4.90 Å². The van der Waals surface area contributed by atoms with Gasteiger partial charge in [0.25, 0.3) is 0 Å². The fourth-order valence-corrected chi connectivity index (χ4v) is 2.13. The molecule has 5 heteroatoms. The van der Waals surface area contributed by atoms with E-state index in [0.717, 1.165) is 19.5 Å². The molecule has 2 saturated heterocycles. The van der Waals surface area contributed by atoms with E-state index in [1.165, 1.54) is 25.9 Å². The number of hydrogen-bond donors (Lipinski definition) is 0. The number of carbonyl (C=O) groups is 1. The third-order valence-corrected chi connectivity index (χ3v) is 3.07. The summed E-state index contributed by atoms with van der Waals surface area (Å²) in [5, 5.41) is 0. The lowest BCUT2D eigenvalue weighted by Gasteiger charge is -2.11. The molecule has 0 aromatic heterocycles. The van der Waals surface area contributed by atoms with E-state index in [1.807, 2.05) is 4.90 Å². The van der Waals surface area contributed by atoms with Crippen LogP contribution in [0, 0.1) is 11.8 Å². The first-order valence-corrected chi connectivity index (χ1v) is 5.82. The van der Waals surface area contributed by atoms with Crippen molar-refractivity contribution in [2.24, 2.45) is 0 Å². The van der Waals surface area contributed by atoms with Crippen molar-refractivity contribution in [3.05, 3.63) is 0 Å². The highest BCUT2D eigenvalue weighted by molar-refractivity contribution is 5.85. The average molecular weight is 279 g/mol. The molecule has 0 aromatic rings. The number of likely N-dealkylation sites (tertiary alicyclic amines) is 2. The zero-order valence-electron chi connectivity index (χ0n) is 9.98. The van der Waals surface area contributed by atoms with Crippen LogP contribution in [0.15, 0.2) is 0 Å². The Hall–Kier alpha value is -0.430. The summed E-state index contributed by atoms with van der Waals surface area (Å²) in [5.41, 5.74) is 0. The van der Waals surface area contributed by atoms with Gasteiger partial charge in [0, 0.05) is 13.0 Å². The van der Waals surface area contributed by atoms with Crippen molar-refractivity contribution < 1.29 is 4.79 Å². The van der Waals surface area contributed by atoms with E-state index in [2.05, 4.69) is 16.7 Å². The molecular weight excluding hydrogens is 259 g/mol. The van der Waals surface area contributed by atoms with Crippen LogP contribution in [-0.2, 0) is 4.79 Å². The predicted molar refractivity (Wildman–Crippen MR) is 73.8 cm³/mol. The zero-order chi connectivity index (χ0) is 10.5. The fraction of sp³-hybridized carbons (Fsp3) is 0.750. The number of hydrogen-bond acceptors (Lipinski definition) is 2. The van der Waals surface area contributed by atoms with Crippen LogP contribution in [0.3, 0.4) is 0 Å². The number of nitrogens with zero attached hydrogens (tertiary/aromatic N) is 2. The topological polar surface area (TPSA) is 23.6 Å². The number of amides is 1. The molecule has 0 unspecified atom stereocenters. The standard InChI is InChI=1S/C12H18N2O.2ClH/c15-12-6-5-11-14(12)10-4-3-9-13-7-1-2-8-13;;/h1-2,5-11H2;2*1H. The molecule has 17 heavy (non-hydrogen) atoms. The molecule has 2 fully saturated rings. The summed E-state index contributed by atoms with van der Waals surface area (Å²) >= 11 is 0. The largest absolute Gasteiger partial charge is 0.332 e. The normalized spacial score (nSPS) is 19.3. The third-order valence-electron chi connectivity index (χ3n) is 3.07. The fourth-order valence-electron chi connectivity index (χ4n) is 2.13. The van der Waals surface area contributed by atoms with Gasteiger partial charge in [-0.3, -0.25) is 9.69 Å². The maximum absolute atomic E-state index is 11.3. The predicted octanol–water partition coefficient (Wildman–Crippen LogP) is 1.55. The maximum atomic E-state index is 11.3. The van der Waals surface area contributed by atoms with E-state index in [1.54, 1.807) is 0 Å². The molecule has 2 rings (SSSR count). The Morgan fingerprint density at radius 1 is 0.941 bits per heavy atom. The second-order valence-corrected chi connectivity index (χ2v) is 4.26. The molecule has 0 aliphatic carbocycles. The van der Waals surface area contributed by atoms with Crippen LogP contribution >= 0.6 is 24.8 Å². The minimum Gasteiger partial charge on any atom is -0.332 e. The van der Waals surface area contributed by atoms with Crippen LogP contribution in [0.5, 0.6) is 0 Å².